The Labute approximate surface area is 129 Å². The number of hydrogen-bond acceptors (Lipinski definition) is 4. The smallest absolute Gasteiger partial charge is 0.267 e. The summed E-state index contributed by atoms with van der Waals surface area (Å²) < 4.78 is 13.9. The number of carbonyl (C=O) groups is 1. The van der Waals surface area contributed by atoms with Crippen molar-refractivity contribution >= 4 is 43.9 Å². The van der Waals surface area contributed by atoms with Gasteiger partial charge < -0.3 is 0 Å². The molecule has 0 aliphatic rings. The van der Waals surface area contributed by atoms with Crippen molar-refractivity contribution in [3.8, 4) is 0 Å². The number of nitrogens with one attached hydrogen (secondary N) is 1. The molecule has 1 aromatic carbocycles. The van der Waals surface area contributed by atoms with Gasteiger partial charge in [-0.05, 0) is 43.2 Å². The third-order valence-corrected chi connectivity index (χ3v) is 5.45. The minimum absolute atomic E-state index is 0.165. The average Bonchev–Trinajstić information content (AvgIpc) is 3.01. The summed E-state index contributed by atoms with van der Waals surface area (Å²) in [5, 5.41) is 3.28. The van der Waals surface area contributed by atoms with Crippen LogP contribution in [0.1, 0.15) is 27.0 Å². The summed E-state index contributed by atoms with van der Waals surface area (Å²) in [7, 11) is 0. The molecule has 3 rings (SSSR count). The number of fused-ring (bicyclic) bond motifs is 1. The summed E-state index contributed by atoms with van der Waals surface area (Å²) in [5.41, 5.74) is 1.83. The highest BCUT2D eigenvalue weighted by Gasteiger charge is 2.14. The van der Waals surface area contributed by atoms with E-state index in [9.17, 15) is 9.18 Å². The van der Waals surface area contributed by atoms with Gasteiger partial charge in [-0.2, -0.15) is 0 Å². The Balaban J connectivity index is 1.85. The lowest BCUT2D eigenvalue weighted by atomic mass is 10.2. The minimum Gasteiger partial charge on any atom is -0.297 e. The number of amides is 1. The molecule has 2 heterocycles. The zero-order valence-corrected chi connectivity index (χ0v) is 13.2. The van der Waals surface area contributed by atoms with Crippen molar-refractivity contribution in [3.05, 3.63) is 45.4 Å². The monoisotopic (exact) mass is 320 g/mol. The highest BCUT2D eigenvalue weighted by Crippen LogP contribution is 2.28. The van der Waals surface area contributed by atoms with E-state index in [1.807, 2.05) is 13.0 Å². The summed E-state index contributed by atoms with van der Waals surface area (Å²) in [4.78, 5) is 18.4. The Bertz CT molecular complexity index is 822. The molecule has 0 saturated carbocycles. The molecule has 3 aromatic rings. The largest absolute Gasteiger partial charge is 0.297 e. The van der Waals surface area contributed by atoms with Gasteiger partial charge in [0.25, 0.3) is 5.91 Å². The molecule has 0 radical (unpaired) electrons. The maximum absolute atomic E-state index is 13.2. The lowest BCUT2D eigenvalue weighted by Gasteiger charge is -1.97. The predicted molar refractivity (Wildman–Crippen MR) is 86.0 cm³/mol. The van der Waals surface area contributed by atoms with E-state index in [2.05, 4.69) is 17.2 Å². The zero-order chi connectivity index (χ0) is 15.0. The molecule has 0 bridgehead atoms. The molecular weight excluding hydrogens is 307 g/mol. The van der Waals surface area contributed by atoms with Crippen LogP contribution in [0, 0.1) is 12.7 Å². The number of benzene rings is 1. The molecule has 0 aliphatic heterocycles. The number of halogens is 1. The maximum atomic E-state index is 13.2. The fourth-order valence-corrected chi connectivity index (χ4v) is 3.99. The summed E-state index contributed by atoms with van der Waals surface area (Å²) in [6.07, 6.45) is 0.921. The van der Waals surface area contributed by atoms with Crippen LogP contribution in [0.2, 0.25) is 0 Å². The van der Waals surface area contributed by atoms with Gasteiger partial charge in [0.2, 0.25) is 0 Å². The molecule has 108 valence electrons. The average molecular weight is 320 g/mol. The first-order valence-electron chi connectivity index (χ1n) is 6.53. The number of carbonyl (C=O) groups excluding carboxylic acids is 1. The Kier molecular flexibility index (Phi) is 3.73. The van der Waals surface area contributed by atoms with Gasteiger partial charge in [0.05, 0.1) is 15.1 Å². The number of thiazole rings is 1. The van der Waals surface area contributed by atoms with Crippen LogP contribution < -0.4 is 5.32 Å². The molecule has 0 aliphatic carbocycles. The molecule has 2 aromatic heterocycles. The quantitative estimate of drug-likeness (QED) is 0.765. The second-order valence-electron chi connectivity index (χ2n) is 4.66. The van der Waals surface area contributed by atoms with E-state index in [1.165, 1.54) is 39.7 Å². The normalized spacial score (nSPS) is 11.0. The topological polar surface area (TPSA) is 42.0 Å². The summed E-state index contributed by atoms with van der Waals surface area (Å²) in [6, 6.07) is 6.30. The molecule has 0 spiro atoms. The van der Waals surface area contributed by atoms with Crippen LogP contribution in [-0.4, -0.2) is 10.9 Å². The minimum atomic E-state index is -0.300. The lowest BCUT2D eigenvalue weighted by molar-refractivity contribution is 0.103. The first kappa shape index (κ1) is 14.2. The SMILES string of the molecule is CCc1sc(C(=O)Nc2nc3ccc(F)cc3s2)cc1C. The number of hydrogen-bond donors (Lipinski definition) is 1. The fraction of sp³-hybridized carbons (Fsp3) is 0.200. The van der Waals surface area contributed by atoms with Crippen molar-refractivity contribution in [2.24, 2.45) is 0 Å². The second-order valence-corrected chi connectivity index (χ2v) is 6.82. The molecule has 3 nitrogen and oxygen atoms in total. The third-order valence-electron chi connectivity index (χ3n) is 3.14. The Hall–Kier alpha value is -1.79. The molecule has 0 atom stereocenters. The zero-order valence-electron chi connectivity index (χ0n) is 11.6. The van der Waals surface area contributed by atoms with Crippen molar-refractivity contribution in [2.45, 2.75) is 20.3 Å². The molecule has 1 amide bonds. The van der Waals surface area contributed by atoms with Crippen LogP contribution in [0.3, 0.4) is 0 Å². The van der Waals surface area contributed by atoms with Crippen LogP contribution in [0.5, 0.6) is 0 Å². The van der Waals surface area contributed by atoms with Gasteiger partial charge in [0, 0.05) is 4.88 Å². The van der Waals surface area contributed by atoms with Crippen LogP contribution in [0.25, 0.3) is 10.2 Å². The predicted octanol–water partition coefficient (Wildman–Crippen LogP) is 4.62. The summed E-state index contributed by atoms with van der Waals surface area (Å²) >= 11 is 2.77. The maximum Gasteiger partial charge on any atom is 0.267 e. The number of aryl methyl sites for hydroxylation is 2. The van der Waals surface area contributed by atoms with Gasteiger partial charge in [0.1, 0.15) is 5.82 Å². The van der Waals surface area contributed by atoms with E-state index in [4.69, 9.17) is 0 Å². The Morgan fingerprint density at radius 3 is 2.86 bits per heavy atom. The molecule has 0 fully saturated rings. The molecule has 0 unspecified atom stereocenters. The van der Waals surface area contributed by atoms with Crippen LogP contribution in [-0.2, 0) is 6.42 Å². The highest BCUT2D eigenvalue weighted by molar-refractivity contribution is 7.22. The van der Waals surface area contributed by atoms with E-state index in [0.717, 1.165) is 16.7 Å². The molecule has 0 saturated heterocycles. The number of nitrogens with zero attached hydrogens (tertiary/aromatic N) is 1. The van der Waals surface area contributed by atoms with Gasteiger partial charge >= 0.3 is 0 Å². The van der Waals surface area contributed by atoms with Crippen molar-refractivity contribution < 1.29 is 9.18 Å². The van der Waals surface area contributed by atoms with Crippen molar-refractivity contribution in [1.29, 1.82) is 0 Å². The van der Waals surface area contributed by atoms with E-state index >= 15 is 0 Å². The van der Waals surface area contributed by atoms with E-state index < -0.39 is 0 Å². The van der Waals surface area contributed by atoms with Gasteiger partial charge in [0.15, 0.2) is 5.13 Å². The standard InChI is InChI=1S/C15H13FN2OS2/c1-3-11-8(2)6-13(20-11)14(19)18-15-17-10-5-4-9(16)7-12(10)21-15/h4-7H,3H2,1-2H3,(H,17,18,19). The molecule has 21 heavy (non-hydrogen) atoms. The van der Waals surface area contributed by atoms with E-state index in [0.29, 0.717) is 15.5 Å². The summed E-state index contributed by atoms with van der Waals surface area (Å²) in [5.74, 6) is -0.465. The van der Waals surface area contributed by atoms with Crippen molar-refractivity contribution in [3.63, 3.8) is 0 Å². The van der Waals surface area contributed by atoms with Gasteiger partial charge in [-0.15, -0.1) is 11.3 Å². The van der Waals surface area contributed by atoms with Gasteiger partial charge in [-0.1, -0.05) is 18.3 Å². The van der Waals surface area contributed by atoms with Gasteiger partial charge in [-0.3, -0.25) is 10.1 Å². The number of rotatable bonds is 3. The number of anilines is 1. The van der Waals surface area contributed by atoms with Crippen molar-refractivity contribution in [1.82, 2.24) is 4.98 Å². The van der Waals surface area contributed by atoms with Gasteiger partial charge in [-0.25, -0.2) is 9.37 Å². The highest BCUT2D eigenvalue weighted by atomic mass is 32.1. The molecule has 1 N–H and O–H groups in total. The van der Waals surface area contributed by atoms with E-state index in [-0.39, 0.29) is 11.7 Å². The summed E-state index contributed by atoms with van der Waals surface area (Å²) in [6.45, 7) is 4.08. The molecule has 6 heteroatoms. The van der Waals surface area contributed by atoms with Crippen LogP contribution in [0.4, 0.5) is 9.52 Å². The third kappa shape index (κ3) is 2.82. The van der Waals surface area contributed by atoms with Crippen LogP contribution >= 0.6 is 22.7 Å². The van der Waals surface area contributed by atoms with E-state index in [1.54, 1.807) is 6.07 Å². The second kappa shape index (κ2) is 5.54. The van der Waals surface area contributed by atoms with Crippen LogP contribution in [0.15, 0.2) is 24.3 Å². The van der Waals surface area contributed by atoms with Crippen molar-refractivity contribution in [2.75, 3.05) is 5.32 Å². The first-order valence-corrected chi connectivity index (χ1v) is 8.17. The fourth-order valence-electron chi connectivity index (χ4n) is 2.09. The number of aromatic nitrogens is 1. The first-order chi connectivity index (χ1) is 10.1. The molecular formula is C15H13FN2OS2. The Morgan fingerprint density at radius 1 is 1.33 bits per heavy atom. The lowest BCUT2D eigenvalue weighted by Crippen LogP contribution is -2.09. The number of thiophene rings is 1. The Morgan fingerprint density at radius 2 is 2.14 bits per heavy atom.